The first-order valence-corrected chi connectivity index (χ1v) is 11.1. The minimum absolute atomic E-state index is 0.149. The lowest BCUT2D eigenvalue weighted by Gasteiger charge is -2.21. The van der Waals surface area contributed by atoms with E-state index in [0.717, 1.165) is 12.8 Å². The second-order valence-corrected chi connectivity index (χ2v) is 8.83. The molecule has 31 heavy (non-hydrogen) atoms. The Bertz CT molecular complexity index is 818. The zero-order valence-corrected chi connectivity index (χ0v) is 18.3. The summed E-state index contributed by atoms with van der Waals surface area (Å²) in [5.74, 6) is -0.454. The van der Waals surface area contributed by atoms with Gasteiger partial charge in [0.15, 0.2) is 0 Å². The number of benzene rings is 1. The Kier molecular flexibility index (Phi) is 7.30. The molecule has 1 saturated heterocycles. The smallest absolute Gasteiger partial charge is 0.325 e. The number of urea groups is 1. The highest BCUT2D eigenvalue weighted by atomic mass is 16.2. The Morgan fingerprint density at radius 2 is 1.81 bits per heavy atom. The van der Waals surface area contributed by atoms with Gasteiger partial charge in [0.2, 0.25) is 11.8 Å². The van der Waals surface area contributed by atoms with Gasteiger partial charge >= 0.3 is 6.03 Å². The third-order valence-electron chi connectivity index (χ3n) is 5.85. The molecule has 1 heterocycles. The normalized spacial score (nSPS) is 18.4. The summed E-state index contributed by atoms with van der Waals surface area (Å²) in [6, 6.07) is 7.96. The molecular weight excluding hydrogens is 396 g/mol. The number of nitrogens with one attached hydrogen (secondary N) is 3. The average Bonchev–Trinajstić information content (AvgIpc) is 3.29. The Morgan fingerprint density at radius 1 is 1.13 bits per heavy atom. The number of hydrogen-bond acceptors (Lipinski definition) is 4. The van der Waals surface area contributed by atoms with Crippen molar-refractivity contribution in [3.63, 3.8) is 0 Å². The largest absolute Gasteiger partial charge is 0.354 e. The molecule has 2 fully saturated rings. The highest BCUT2D eigenvalue weighted by molar-refractivity contribution is 6.07. The van der Waals surface area contributed by atoms with E-state index < -0.39 is 11.6 Å². The highest BCUT2D eigenvalue weighted by Crippen LogP contribution is 2.34. The van der Waals surface area contributed by atoms with Crippen LogP contribution in [0.15, 0.2) is 30.3 Å². The van der Waals surface area contributed by atoms with Crippen molar-refractivity contribution in [2.75, 3.05) is 13.1 Å². The molecule has 1 unspecified atom stereocenters. The van der Waals surface area contributed by atoms with Gasteiger partial charge < -0.3 is 16.0 Å². The number of amides is 5. The van der Waals surface area contributed by atoms with Crippen molar-refractivity contribution in [3.05, 3.63) is 35.9 Å². The minimum Gasteiger partial charge on any atom is -0.354 e. The lowest BCUT2D eigenvalue weighted by molar-refractivity contribution is -0.131. The van der Waals surface area contributed by atoms with E-state index in [1.165, 1.54) is 4.90 Å². The monoisotopic (exact) mass is 428 g/mol. The summed E-state index contributed by atoms with van der Waals surface area (Å²) in [5, 5.41) is 8.50. The van der Waals surface area contributed by atoms with Crippen LogP contribution in [0.2, 0.25) is 0 Å². The van der Waals surface area contributed by atoms with Crippen LogP contribution in [0.4, 0.5) is 4.79 Å². The molecule has 2 aliphatic rings. The zero-order valence-electron chi connectivity index (χ0n) is 18.3. The summed E-state index contributed by atoms with van der Waals surface area (Å²) in [4.78, 5) is 51.2. The fourth-order valence-corrected chi connectivity index (χ4v) is 4.28. The van der Waals surface area contributed by atoms with Gasteiger partial charge in [-0.05, 0) is 30.7 Å². The maximum absolute atomic E-state index is 12.8. The van der Waals surface area contributed by atoms with Crippen molar-refractivity contribution >= 4 is 23.8 Å². The van der Waals surface area contributed by atoms with Crippen LogP contribution in [-0.4, -0.2) is 47.3 Å². The molecule has 3 N–H and O–H groups in total. The van der Waals surface area contributed by atoms with E-state index in [2.05, 4.69) is 16.0 Å². The maximum atomic E-state index is 12.8. The van der Waals surface area contributed by atoms with Gasteiger partial charge in [0.1, 0.15) is 11.6 Å². The van der Waals surface area contributed by atoms with E-state index in [0.29, 0.717) is 37.8 Å². The predicted molar refractivity (Wildman–Crippen MR) is 116 cm³/mol. The number of imide groups is 1. The topological polar surface area (TPSA) is 108 Å². The first-order chi connectivity index (χ1) is 14.8. The van der Waals surface area contributed by atoms with E-state index >= 15 is 0 Å². The SMILES string of the molecule is CC(C)CC(=O)NC(C(=O)NCCCN1C(=O)NC2(CCCC2)C1=O)c1ccccc1. The molecule has 1 aromatic rings. The molecule has 1 aromatic carbocycles. The van der Waals surface area contributed by atoms with E-state index in [1.807, 2.05) is 32.0 Å². The van der Waals surface area contributed by atoms with Crippen LogP contribution in [0.3, 0.4) is 0 Å². The Balaban J connectivity index is 1.53. The maximum Gasteiger partial charge on any atom is 0.325 e. The quantitative estimate of drug-likeness (QED) is 0.414. The first kappa shape index (κ1) is 22.8. The van der Waals surface area contributed by atoms with Crippen molar-refractivity contribution in [2.24, 2.45) is 5.92 Å². The van der Waals surface area contributed by atoms with Crippen molar-refractivity contribution in [2.45, 2.75) is 64.0 Å². The predicted octanol–water partition coefficient (Wildman–Crippen LogP) is 2.26. The molecule has 3 rings (SSSR count). The van der Waals surface area contributed by atoms with Crippen LogP contribution in [-0.2, 0) is 14.4 Å². The molecule has 168 valence electrons. The van der Waals surface area contributed by atoms with Gasteiger partial charge in [-0.1, -0.05) is 57.0 Å². The number of hydrogen-bond donors (Lipinski definition) is 3. The molecule has 0 bridgehead atoms. The summed E-state index contributed by atoms with van der Waals surface area (Å²) in [7, 11) is 0. The van der Waals surface area contributed by atoms with E-state index in [4.69, 9.17) is 0 Å². The van der Waals surface area contributed by atoms with Gasteiger partial charge in [0, 0.05) is 19.5 Å². The van der Waals surface area contributed by atoms with Crippen molar-refractivity contribution < 1.29 is 19.2 Å². The molecule has 8 heteroatoms. The second kappa shape index (κ2) is 9.94. The minimum atomic E-state index is -0.786. The summed E-state index contributed by atoms with van der Waals surface area (Å²) in [5.41, 5.74) is -0.00577. The molecule has 1 aliphatic heterocycles. The van der Waals surface area contributed by atoms with Crippen LogP contribution in [0.5, 0.6) is 0 Å². The van der Waals surface area contributed by atoms with Crippen molar-refractivity contribution in [3.8, 4) is 0 Å². The fourth-order valence-electron chi connectivity index (χ4n) is 4.28. The van der Waals surface area contributed by atoms with Gasteiger partial charge in [0.25, 0.3) is 5.91 Å². The summed E-state index contributed by atoms with van der Waals surface area (Å²) >= 11 is 0. The third-order valence-corrected chi connectivity index (χ3v) is 5.85. The molecular formula is C23H32N4O4. The van der Waals surface area contributed by atoms with Gasteiger partial charge in [-0.25, -0.2) is 4.79 Å². The molecule has 1 spiro atoms. The number of rotatable bonds is 9. The van der Waals surface area contributed by atoms with Crippen LogP contribution in [0.25, 0.3) is 0 Å². The standard InChI is InChI=1S/C23H32N4O4/c1-16(2)15-18(28)25-19(17-9-4-3-5-10-17)20(29)24-13-8-14-27-21(30)23(26-22(27)31)11-6-7-12-23/h3-5,9-10,16,19H,6-8,11-15H2,1-2H3,(H,24,29)(H,25,28)(H,26,31). The van der Waals surface area contributed by atoms with Crippen LogP contribution in [0, 0.1) is 5.92 Å². The molecule has 1 saturated carbocycles. The summed E-state index contributed by atoms with van der Waals surface area (Å²) in [6.07, 6.45) is 4.06. The zero-order chi connectivity index (χ0) is 22.4. The van der Waals surface area contributed by atoms with Gasteiger partial charge in [-0.3, -0.25) is 19.3 Å². The highest BCUT2D eigenvalue weighted by Gasteiger charge is 2.52. The third kappa shape index (κ3) is 5.42. The second-order valence-electron chi connectivity index (χ2n) is 8.83. The van der Waals surface area contributed by atoms with Gasteiger partial charge in [-0.2, -0.15) is 0 Å². The summed E-state index contributed by atoms with van der Waals surface area (Å²) in [6.45, 7) is 4.44. The number of carbonyl (C=O) groups is 4. The molecule has 5 amide bonds. The first-order valence-electron chi connectivity index (χ1n) is 11.1. The molecule has 8 nitrogen and oxygen atoms in total. The van der Waals surface area contributed by atoms with E-state index in [-0.39, 0.29) is 36.2 Å². The van der Waals surface area contributed by atoms with E-state index in [1.54, 1.807) is 12.1 Å². The number of nitrogens with zero attached hydrogens (tertiary/aromatic N) is 1. The van der Waals surface area contributed by atoms with Crippen molar-refractivity contribution in [1.82, 2.24) is 20.9 Å². The van der Waals surface area contributed by atoms with Gasteiger partial charge in [-0.15, -0.1) is 0 Å². The lowest BCUT2D eigenvalue weighted by atomic mass is 9.98. The molecule has 0 aromatic heterocycles. The number of carbonyl (C=O) groups excluding carboxylic acids is 4. The molecule has 1 aliphatic carbocycles. The Morgan fingerprint density at radius 3 is 2.45 bits per heavy atom. The molecule has 1 atom stereocenters. The summed E-state index contributed by atoms with van der Waals surface area (Å²) < 4.78 is 0. The Hall–Kier alpha value is -2.90. The van der Waals surface area contributed by atoms with Crippen LogP contribution in [0.1, 0.15) is 64.0 Å². The van der Waals surface area contributed by atoms with Crippen LogP contribution >= 0.6 is 0 Å². The van der Waals surface area contributed by atoms with Gasteiger partial charge in [0.05, 0.1) is 0 Å². The lowest BCUT2D eigenvalue weighted by Crippen LogP contribution is -2.44. The van der Waals surface area contributed by atoms with E-state index in [9.17, 15) is 19.2 Å². The van der Waals surface area contributed by atoms with Crippen LogP contribution < -0.4 is 16.0 Å². The average molecular weight is 429 g/mol. The Labute approximate surface area is 183 Å². The molecule has 0 radical (unpaired) electrons. The van der Waals surface area contributed by atoms with Crippen molar-refractivity contribution in [1.29, 1.82) is 0 Å². The fraction of sp³-hybridized carbons (Fsp3) is 0.565.